The number of amides is 11. The van der Waals surface area contributed by atoms with E-state index >= 15 is 28.8 Å². The van der Waals surface area contributed by atoms with Crippen LogP contribution in [0.25, 0.3) is 11.1 Å². The number of likely N-dealkylation sites (N-methyl/N-ethyl adjacent to an activating group) is 1. The molecule has 0 unspecified atom stereocenters. The highest BCUT2D eigenvalue weighted by Gasteiger charge is 2.51. The molecule has 35 nitrogen and oxygen atoms in total. The first-order valence-electron chi connectivity index (χ1n) is 38.9. The number of nitrogens with one attached hydrogen (secondary N) is 11. The zero-order valence-corrected chi connectivity index (χ0v) is 65.6. The van der Waals surface area contributed by atoms with E-state index in [4.69, 9.17) is 41.0 Å². The number of carbonyl (C=O) groups is 10. The molecule has 14 atom stereocenters. The smallest absolute Gasteiger partial charge is 0.325 e. The number of aromatic hydroxyl groups is 3. The Hall–Kier alpha value is -11.4. The predicted molar refractivity (Wildman–Crippen MR) is 419 cm³/mol. The zero-order valence-electron chi connectivity index (χ0n) is 64.8. The molecular formula is C82H95ClN12O23. The van der Waals surface area contributed by atoms with Crippen molar-refractivity contribution in [3.05, 3.63) is 142 Å². The Morgan fingerprint density at radius 3 is 1.95 bits per heavy atom. The summed E-state index contributed by atoms with van der Waals surface area (Å²) in [5, 5.41) is 123. The number of aryl methyl sites for hydroxylation is 1. The van der Waals surface area contributed by atoms with E-state index in [1.54, 1.807) is 0 Å². The number of halogens is 1. The van der Waals surface area contributed by atoms with E-state index in [2.05, 4.69) is 58.5 Å². The average Bonchev–Trinajstić information content (AvgIpc) is 0.743. The minimum atomic E-state index is -2.36. The number of ether oxygens (including phenoxy) is 5. The Balaban J connectivity index is 0.968. The highest BCUT2D eigenvalue weighted by molar-refractivity contribution is 6.32. The molecule has 628 valence electrons. The van der Waals surface area contributed by atoms with Crippen LogP contribution in [0.4, 0.5) is 10.5 Å². The van der Waals surface area contributed by atoms with Crippen molar-refractivity contribution in [3.63, 3.8) is 0 Å². The SMILES string of the molecule is CN[C@H](CC(C)C)C(=O)N[C@H]1C(=O)N[C@@H](CC(=O)NC(=O)Nc2ccc(OCCCNC(C)=O)cc2)C(=O)N[C@H]2C(=O)N[C@H]3C(=O)N[C@H](C(=O)N[C@H](C(=O)NC4C5CC6CC(C5)CC4C6)c4cc(O)cc(O)c4-c4cc3ccc4O)[C@H](O)c3ccc(c(Cl)c3)Oc3cc2cc(c3O[C@@H]2O[C@H](CN)[C@@H](O)[C@H](O)[C@H]2O)Oc2ccc(cc2C)[C@H]1O. The van der Waals surface area contributed by atoms with Crippen molar-refractivity contribution >= 4 is 76.5 Å². The van der Waals surface area contributed by atoms with E-state index in [0.29, 0.717) is 30.6 Å². The number of nitrogens with two attached hydrogens (primary N) is 1. The number of aliphatic hydroxyl groups excluding tert-OH is 5. The van der Waals surface area contributed by atoms with Gasteiger partial charge in [0, 0.05) is 48.9 Å². The fraction of sp³-hybridized carbons (Fsp3) is 0.439. The van der Waals surface area contributed by atoms with Crippen LogP contribution in [0.5, 0.6) is 51.7 Å². The van der Waals surface area contributed by atoms with E-state index in [0.717, 1.165) is 80.6 Å². The summed E-state index contributed by atoms with van der Waals surface area (Å²) in [6, 6.07) is 5.44. The molecule has 6 aromatic rings. The minimum Gasteiger partial charge on any atom is -0.508 e. The first kappa shape index (κ1) is 84.5. The van der Waals surface area contributed by atoms with Crippen LogP contribution in [0.2, 0.25) is 5.02 Å². The number of phenols is 3. The van der Waals surface area contributed by atoms with Gasteiger partial charge in [-0.15, -0.1) is 0 Å². The molecule has 0 spiro atoms. The summed E-state index contributed by atoms with van der Waals surface area (Å²) < 4.78 is 31.6. The number of carbonyl (C=O) groups excluding carboxylic acids is 10. The van der Waals surface area contributed by atoms with Crippen LogP contribution in [-0.2, 0) is 47.9 Å². The quantitative estimate of drug-likeness (QED) is 0.0550. The Morgan fingerprint density at radius 1 is 0.653 bits per heavy atom. The number of aliphatic hydroxyl groups is 5. The average molecular weight is 1650 g/mol. The molecular weight excluding hydrogens is 1560 g/mol. The van der Waals surface area contributed by atoms with Crippen LogP contribution >= 0.6 is 11.6 Å². The molecule has 15 bridgehead atoms. The van der Waals surface area contributed by atoms with E-state index in [1.165, 1.54) is 75.5 Å². The van der Waals surface area contributed by atoms with Gasteiger partial charge in [0.05, 0.1) is 24.1 Å². The number of rotatable bonds is 18. The largest absolute Gasteiger partial charge is 0.508 e. The van der Waals surface area contributed by atoms with Crippen molar-refractivity contribution in [2.24, 2.45) is 35.3 Å². The number of fused-ring (bicyclic) bond motifs is 15. The van der Waals surface area contributed by atoms with E-state index in [1.807, 2.05) is 13.8 Å². The molecule has 5 fully saturated rings. The maximum absolute atomic E-state index is 16.4. The highest BCUT2D eigenvalue weighted by Crippen LogP contribution is 2.55. The van der Waals surface area contributed by atoms with E-state index < -0.39 is 192 Å². The van der Waals surface area contributed by atoms with Crippen molar-refractivity contribution in [1.82, 2.24) is 53.2 Å². The Labute approximate surface area is 681 Å². The van der Waals surface area contributed by atoms with Gasteiger partial charge in [0.25, 0.3) is 0 Å². The molecule has 4 aliphatic carbocycles. The summed E-state index contributed by atoms with van der Waals surface area (Å²) in [5.74, 6) is -12.7. The Morgan fingerprint density at radius 2 is 1.30 bits per heavy atom. The second-order valence-corrected chi connectivity index (χ2v) is 31.8. The van der Waals surface area contributed by atoms with E-state index in [-0.39, 0.29) is 104 Å². The fourth-order valence-corrected chi connectivity index (χ4v) is 17.1. The summed E-state index contributed by atoms with van der Waals surface area (Å²) in [7, 11) is 1.49. The third kappa shape index (κ3) is 18.6. The minimum absolute atomic E-state index is 0.0523. The first-order chi connectivity index (χ1) is 56.3. The lowest BCUT2D eigenvalue weighted by Gasteiger charge is -2.54. The highest BCUT2D eigenvalue weighted by atomic mass is 35.5. The molecule has 21 N–H and O–H groups in total. The second-order valence-electron chi connectivity index (χ2n) is 31.4. The zero-order chi connectivity index (χ0) is 84.4. The topological polar surface area (TPSA) is 537 Å². The normalized spacial score (nSPS) is 27.4. The predicted octanol–water partition coefficient (Wildman–Crippen LogP) is 3.11. The van der Waals surface area contributed by atoms with Crippen molar-refractivity contribution < 1.29 is 112 Å². The number of phenolic OH excluding ortho intramolecular Hbond substituents is 3. The van der Waals surface area contributed by atoms with Gasteiger partial charge in [-0.2, -0.15) is 0 Å². The molecule has 0 aromatic heterocycles. The number of anilines is 1. The molecule has 6 aliphatic heterocycles. The fourth-order valence-electron chi connectivity index (χ4n) is 16.9. The van der Waals surface area contributed by atoms with Gasteiger partial charge >= 0.3 is 6.03 Å². The summed E-state index contributed by atoms with van der Waals surface area (Å²) in [6.07, 6.45) is -9.59. The van der Waals surface area contributed by atoms with Crippen LogP contribution in [0.3, 0.4) is 0 Å². The third-order valence-electron chi connectivity index (χ3n) is 22.6. The third-order valence-corrected chi connectivity index (χ3v) is 22.8. The van der Waals surface area contributed by atoms with Gasteiger partial charge in [-0.05, 0) is 201 Å². The molecule has 118 heavy (non-hydrogen) atoms. The first-order valence-corrected chi connectivity index (χ1v) is 39.3. The van der Waals surface area contributed by atoms with E-state index in [9.17, 15) is 60.0 Å². The van der Waals surface area contributed by atoms with Crippen LogP contribution < -0.4 is 83.2 Å². The molecule has 36 heteroatoms. The van der Waals surface area contributed by atoms with Gasteiger partial charge in [0.2, 0.25) is 65.2 Å². The van der Waals surface area contributed by atoms with Crippen LogP contribution in [0.1, 0.15) is 136 Å². The van der Waals surface area contributed by atoms with Crippen molar-refractivity contribution in [2.75, 3.05) is 32.1 Å². The molecule has 6 heterocycles. The number of hydrogen-bond acceptors (Lipinski definition) is 25. The maximum atomic E-state index is 16.4. The molecule has 10 aliphatic rings. The monoisotopic (exact) mass is 1650 g/mol. The molecule has 0 radical (unpaired) electrons. The number of urea groups is 1. The van der Waals surface area contributed by atoms with Crippen molar-refractivity contribution in [2.45, 2.75) is 170 Å². The standard InChI is InChI=1S/C82H95ClN12O23/c1-34(2)19-51(85-5)74(106)94-66-68(101)40-8-15-55(35(3)20-40)115-57-28-44-29-58(73(57)118-81-72(105)71(104)70(103)59(33-84)117-81)116-56-16-9-41(27-50(56)83)69(102)67-80(112)93-65(78(110)90-62-42-22-37-21-38(24-42)25-43(62)23-37)49-30-46(97)31-54(99)61(49)48-26-39(7-14-53(48)98)63(76(108)95-67)92-77(109)64(44)91-75(107)52(88-79(66)111)32-60(100)89-82(113)87-45-10-12-47(13-11-45)114-18-6-17-86-36(4)96/h7-16,20,26-31,34,37-38,42-43,51-52,59,62-72,81,85,97-99,101-105H,6,17-19,21-25,32-33,84H2,1-5H3,(H,86,96)(H,88,111)(H,90,110)(H,91,107)(H,92,109)(H,93,112)(H,94,106)(H,95,108)(H2,87,89,100,113)/t37?,38?,42?,43?,51-,52+,59-,62?,63-,64-,65+,66-,67+,68-,69-,70-,71+,72-,81+/m1/s1. The lowest BCUT2D eigenvalue weighted by Crippen LogP contribution is -2.60. The lowest BCUT2D eigenvalue weighted by molar-refractivity contribution is -0.270. The molecule has 11 amide bonds. The van der Waals surface area contributed by atoms with Gasteiger partial charge in [-0.25, -0.2) is 4.79 Å². The van der Waals surface area contributed by atoms with Crippen LogP contribution in [-0.4, -0.2) is 188 Å². The van der Waals surface area contributed by atoms with Crippen LogP contribution in [0, 0.1) is 36.5 Å². The van der Waals surface area contributed by atoms with Gasteiger partial charge < -0.3 is 123 Å². The Bertz CT molecular complexity index is 4850. The van der Waals surface area contributed by atoms with Gasteiger partial charge in [-0.1, -0.05) is 43.6 Å². The van der Waals surface area contributed by atoms with Crippen molar-refractivity contribution in [3.8, 4) is 62.9 Å². The molecule has 6 aromatic carbocycles. The molecule has 1 saturated heterocycles. The number of imide groups is 1. The molecule has 4 saturated carbocycles. The maximum Gasteiger partial charge on any atom is 0.325 e. The second kappa shape index (κ2) is 35.8. The number of hydrogen-bond donors (Lipinski definition) is 20. The van der Waals surface area contributed by atoms with Gasteiger partial charge in [-0.3, -0.25) is 48.5 Å². The van der Waals surface area contributed by atoms with Crippen LogP contribution in [0.15, 0.2) is 103 Å². The number of benzene rings is 6. The van der Waals surface area contributed by atoms with Gasteiger partial charge in [0.1, 0.15) is 107 Å². The van der Waals surface area contributed by atoms with Crippen molar-refractivity contribution in [1.29, 1.82) is 0 Å². The summed E-state index contributed by atoms with van der Waals surface area (Å²) in [4.78, 5) is 149. The summed E-state index contributed by atoms with van der Waals surface area (Å²) in [6.45, 7) is 6.66. The van der Waals surface area contributed by atoms with Gasteiger partial charge in [0.15, 0.2) is 11.5 Å². The Kier molecular flexibility index (Phi) is 25.6. The molecule has 16 rings (SSSR count). The lowest BCUT2D eigenvalue weighted by atomic mass is 9.54. The summed E-state index contributed by atoms with van der Waals surface area (Å²) in [5.41, 5.74) is 4.32. The summed E-state index contributed by atoms with van der Waals surface area (Å²) >= 11 is 7.19.